The molecule has 3 heteroatoms. The average Bonchev–Trinajstić information content (AvgIpc) is 2.80. The highest BCUT2D eigenvalue weighted by atomic mass is 79.9. The zero-order valence-corrected chi connectivity index (χ0v) is 11.5. The van der Waals surface area contributed by atoms with Gasteiger partial charge in [0.15, 0.2) is 6.23 Å². The lowest BCUT2D eigenvalue weighted by atomic mass is 9.78. The topological polar surface area (TPSA) is 21.3 Å². The minimum atomic E-state index is -0.101. The first-order valence-corrected chi connectivity index (χ1v) is 6.81. The quantitative estimate of drug-likeness (QED) is 0.797. The molecule has 90 valence electrons. The van der Waals surface area contributed by atoms with Gasteiger partial charge in [-0.05, 0) is 36.8 Å². The van der Waals surface area contributed by atoms with E-state index in [0.717, 1.165) is 10.2 Å². The number of nitrogens with one attached hydrogen (secondary N) is 1. The number of ether oxygens (including phenoxy) is 1. The largest absolute Gasteiger partial charge is 0.469 e. The molecule has 0 amide bonds. The predicted octanol–water partition coefficient (Wildman–Crippen LogP) is 3.90. The Morgan fingerprint density at radius 3 is 2.89 bits per heavy atom. The van der Waals surface area contributed by atoms with Crippen LogP contribution in [0, 0.1) is 0 Å². The minimum absolute atomic E-state index is 0.000741. The van der Waals surface area contributed by atoms with E-state index in [1.165, 1.54) is 16.8 Å². The van der Waals surface area contributed by atoms with Crippen molar-refractivity contribution in [3.05, 3.63) is 58.1 Å². The Morgan fingerprint density at radius 2 is 2.00 bits per heavy atom. The lowest BCUT2D eigenvalue weighted by Gasteiger charge is -2.23. The number of benzene rings is 2. The van der Waals surface area contributed by atoms with Crippen LogP contribution < -0.4 is 10.1 Å². The van der Waals surface area contributed by atoms with Crippen molar-refractivity contribution in [3.8, 4) is 5.75 Å². The normalized spacial score (nSPS) is 26.9. The van der Waals surface area contributed by atoms with Gasteiger partial charge in [0, 0.05) is 15.7 Å². The highest BCUT2D eigenvalue weighted by Crippen LogP contribution is 2.53. The molecule has 0 aromatic heterocycles. The number of hydrogen-bond acceptors (Lipinski definition) is 2. The van der Waals surface area contributed by atoms with E-state index in [4.69, 9.17) is 4.74 Å². The SMILES string of the molecule is C[C@]12c3ccccc3N[C@H]1Oc1ccc(Br)cc12. The molecule has 0 unspecified atom stereocenters. The Kier molecular flexibility index (Phi) is 1.91. The molecular formula is C15H12BrNO. The summed E-state index contributed by atoms with van der Waals surface area (Å²) >= 11 is 3.55. The zero-order chi connectivity index (χ0) is 12.3. The molecule has 0 fully saturated rings. The summed E-state index contributed by atoms with van der Waals surface area (Å²) in [6, 6.07) is 14.7. The Morgan fingerprint density at radius 1 is 1.17 bits per heavy atom. The molecule has 0 saturated carbocycles. The van der Waals surface area contributed by atoms with Crippen LogP contribution in [0.2, 0.25) is 0 Å². The molecular weight excluding hydrogens is 290 g/mol. The average molecular weight is 302 g/mol. The molecule has 4 rings (SSSR count). The van der Waals surface area contributed by atoms with Crippen molar-refractivity contribution in [1.29, 1.82) is 0 Å². The third kappa shape index (κ3) is 1.13. The summed E-state index contributed by atoms with van der Waals surface area (Å²) in [5, 5.41) is 3.47. The second kappa shape index (κ2) is 3.29. The van der Waals surface area contributed by atoms with E-state index >= 15 is 0 Å². The first-order chi connectivity index (χ1) is 8.69. The molecule has 2 aliphatic heterocycles. The van der Waals surface area contributed by atoms with Crippen LogP contribution in [0.4, 0.5) is 5.69 Å². The van der Waals surface area contributed by atoms with E-state index in [2.05, 4.69) is 58.5 Å². The van der Waals surface area contributed by atoms with Crippen molar-refractivity contribution < 1.29 is 4.74 Å². The lowest BCUT2D eigenvalue weighted by molar-refractivity contribution is 0.217. The Balaban J connectivity index is 2.00. The van der Waals surface area contributed by atoms with Gasteiger partial charge in [-0.15, -0.1) is 0 Å². The molecule has 0 saturated heterocycles. The fourth-order valence-corrected chi connectivity index (χ4v) is 3.42. The number of anilines is 1. The standard InChI is InChI=1S/C15H12BrNO/c1-15-10-4-2-3-5-12(10)17-14(15)18-13-7-6-9(16)8-11(13)15/h2-8,14,17H,1H3/t14-,15+/m0/s1. The smallest absolute Gasteiger partial charge is 0.183 e. The second-order valence-electron chi connectivity index (χ2n) is 5.03. The van der Waals surface area contributed by atoms with E-state index in [0.29, 0.717) is 0 Å². The number of rotatable bonds is 0. The molecule has 2 heterocycles. The zero-order valence-electron chi connectivity index (χ0n) is 9.91. The van der Waals surface area contributed by atoms with Crippen LogP contribution in [0.5, 0.6) is 5.75 Å². The number of hydrogen-bond donors (Lipinski definition) is 1. The second-order valence-corrected chi connectivity index (χ2v) is 5.95. The van der Waals surface area contributed by atoms with E-state index in [1.54, 1.807) is 0 Å². The van der Waals surface area contributed by atoms with Gasteiger partial charge in [0.05, 0.1) is 5.41 Å². The van der Waals surface area contributed by atoms with Gasteiger partial charge in [0.25, 0.3) is 0 Å². The van der Waals surface area contributed by atoms with E-state index < -0.39 is 0 Å². The van der Waals surface area contributed by atoms with Gasteiger partial charge in [0.2, 0.25) is 0 Å². The van der Waals surface area contributed by atoms with Gasteiger partial charge in [-0.2, -0.15) is 0 Å². The van der Waals surface area contributed by atoms with E-state index in [-0.39, 0.29) is 11.6 Å². The van der Waals surface area contributed by atoms with Crippen LogP contribution in [-0.4, -0.2) is 6.23 Å². The van der Waals surface area contributed by atoms with Crippen LogP contribution in [0.25, 0.3) is 0 Å². The van der Waals surface area contributed by atoms with Gasteiger partial charge >= 0.3 is 0 Å². The maximum Gasteiger partial charge on any atom is 0.183 e. The molecule has 0 radical (unpaired) electrons. The van der Waals surface area contributed by atoms with Crippen molar-refractivity contribution in [2.75, 3.05) is 5.32 Å². The minimum Gasteiger partial charge on any atom is -0.469 e. The molecule has 2 aromatic carbocycles. The van der Waals surface area contributed by atoms with Crippen LogP contribution in [0.3, 0.4) is 0 Å². The Labute approximate surface area is 114 Å². The number of halogens is 1. The third-order valence-electron chi connectivity index (χ3n) is 4.04. The molecule has 0 aliphatic carbocycles. The molecule has 0 spiro atoms. The molecule has 1 N–H and O–H groups in total. The Bertz CT molecular complexity index is 655. The van der Waals surface area contributed by atoms with Crippen molar-refractivity contribution >= 4 is 21.6 Å². The molecule has 2 aromatic rings. The van der Waals surface area contributed by atoms with Gasteiger partial charge < -0.3 is 10.1 Å². The first-order valence-electron chi connectivity index (χ1n) is 6.02. The first kappa shape index (κ1) is 10.4. The van der Waals surface area contributed by atoms with Crippen LogP contribution in [-0.2, 0) is 5.41 Å². The maximum absolute atomic E-state index is 6.04. The number of fused-ring (bicyclic) bond motifs is 5. The summed E-state index contributed by atoms with van der Waals surface area (Å²) in [5.74, 6) is 0.979. The molecule has 2 aliphatic rings. The lowest BCUT2D eigenvalue weighted by Crippen LogP contribution is -2.35. The summed E-state index contributed by atoms with van der Waals surface area (Å²) in [6.45, 7) is 2.24. The highest BCUT2D eigenvalue weighted by molar-refractivity contribution is 9.10. The fourth-order valence-electron chi connectivity index (χ4n) is 3.06. The fraction of sp³-hybridized carbons (Fsp3) is 0.200. The van der Waals surface area contributed by atoms with Crippen molar-refractivity contribution in [1.82, 2.24) is 0 Å². The van der Waals surface area contributed by atoms with E-state index in [9.17, 15) is 0 Å². The van der Waals surface area contributed by atoms with Crippen LogP contribution >= 0.6 is 15.9 Å². The van der Waals surface area contributed by atoms with Crippen molar-refractivity contribution in [2.45, 2.75) is 18.6 Å². The van der Waals surface area contributed by atoms with E-state index in [1.807, 2.05) is 12.1 Å². The summed E-state index contributed by atoms with van der Waals surface area (Å²) in [7, 11) is 0. The van der Waals surface area contributed by atoms with Gasteiger partial charge in [-0.3, -0.25) is 0 Å². The molecule has 18 heavy (non-hydrogen) atoms. The third-order valence-corrected chi connectivity index (χ3v) is 4.54. The summed E-state index contributed by atoms with van der Waals surface area (Å²) < 4.78 is 7.13. The summed E-state index contributed by atoms with van der Waals surface area (Å²) in [6.07, 6.45) is -0.000741. The van der Waals surface area contributed by atoms with Gasteiger partial charge in [0.1, 0.15) is 5.75 Å². The van der Waals surface area contributed by atoms with Gasteiger partial charge in [-0.25, -0.2) is 0 Å². The number of para-hydroxylation sites is 1. The van der Waals surface area contributed by atoms with Gasteiger partial charge in [-0.1, -0.05) is 34.1 Å². The van der Waals surface area contributed by atoms with Crippen molar-refractivity contribution in [3.63, 3.8) is 0 Å². The van der Waals surface area contributed by atoms with Crippen LogP contribution in [0.1, 0.15) is 18.1 Å². The monoisotopic (exact) mass is 301 g/mol. The Hall–Kier alpha value is -1.48. The highest BCUT2D eigenvalue weighted by Gasteiger charge is 2.52. The molecule has 2 nitrogen and oxygen atoms in total. The van der Waals surface area contributed by atoms with Crippen LogP contribution in [0.15, 0.2) is 46.9 Å². The predicted molar refractivity (Wildman–Crippen MR) is 75.1 cm³/mol. The maximum atomic E-state index is 6.04. The molecule has 2 atom stereocenters. The molecule has 0 bridgehead atoms. The summed E-state index contributed by atoms with van der Waals surface area (Å²) in [4.78, 5) is 0. The summed E-state index contributed by atoms with van der Waals surface area (Å²) in [5.41, 5.74) is 3.64. The van der Waals surface area contributed by atoms with Crippen molar-refractivity contribution in [2.24, 2.45) is 0 Å².